The van der Waals surface area contributed by atoms with Crippen LogP contribution in [-0.4, -0.2) is 35.3 Å². The van der Waals surface area contributed by atoms with Crippen molar-refractivity contribution < 1.29 is 4.79 Å². The molecule has 0 bridgehead atoms. The second-order valence-corrected chi connectivity index (χ2v) is 5.62. The SMILES string of the molecule is O=C1CN(c2cnn(-c3ccc(Cl)cc3)c(=O)c2Cl)CCN1. The lowest BCUT2D eigenvalue weighted by Crippen LogP contribution is -2.48. The zero-order valence-electron chi connectivity index (χ0n) is 11.4. The second kappa shape index (κ2) is 5.98. The molecule has 1 saturated heterocycles. The van der Waals surface area contributed by atoms with Crippen LogP contribution >= 0.6 is 23.2 Å². The van der Waals surface area contributed by atoms with Gasteiger partial charge in [0.2, 0.25) is 5.91 Å². The van der Waals surface area contributed by atoms with E-state index in [1.807, 2.05) is 0 Å². The standard InChI is InChI=1S/C14H12Cl2N4O2/c15-9-1-3-10(4-2-9)20-14(22)13(16)11(7-18-20)19-6-5-17-12(21)8-19/h1-4,7H,5-6,8H2,(H,17,21). The lowest BCUT2D eigenvalue weighted by molar-refractivity contribution is -0.120. The first-order valence-electron chi connectivity index (χ1n) is 6.61. The van der Waals surface area contributed by atoms with Gasteiger partial charge in [0, 0.05) is 18.1 Å². The number of carbonyl (C=O) groups excluding carboxylic acids is 1. The topological polar surface area (TPSA) is 67.2 Å². The Labute approximate surface area is 136 Å². The van der Waals surface area contributed by atoms with Crippen molar-refractivity contribution in [1.29, 1.82) is 0 Å². The van der Waals surface area contributed by atoms with Gasteiger partial charge in [-0.3, -0.25) is 9.59 Å². The number of rotatable bonds is 2. The van der Waals surface area contributed by atoms with Crippen molar-refractivity contribution in [1.82, 2.24) is 15.1 Å². The summed E-state index contributed by atoms with van der Waals surface area (Å²) in [5.74, 6) is -0.107. The maximum absolute atomic E-state index is 12.4. The van der Waals surface area contributed by atoms with Gasteiger partial charge in [-0.05, 0) is 24.3 Å². The van der Waals surface area contributed by atoms with E-state index in [1.165, 1.54) is 10.9 Å². The molecule has 6 nitrogen and oxygen atoms in total. The van der Waals surface area contributed by atoms with Crippen LogP contribution in [0.5, 0.6) is 0 Å². The van der Waals surface area contributed by atoms with Crippen LogP contribution in [0.1, 0.15) is 0 Å². The predicted octanol–water partition coefficient (Wildman–Crippen LogP) is 1.48. The van der Waals surface area contributed by atoms with Crippen LogP contribution in [-0.2, 0) is 4.79 Å². The minimum Gasteiger partial charge on any atom is -0.358 e. The highest BCUT2D eigenvalue weighted by Crippen LogP contribution is 2.22. The van der Waals surface area contributed by atoms with Crippen molar-refractivity contribution in [2.75, 3.05) is 24.5 Å². The molecule has 0 spiro atoms. The molecule has 1 aromatic carbocycles. The van der Waals surface area contributed by atoms with Gasteiger partial charge in [0.1, 0.15) is 5.02 Å². The number of piperazine rings is 1. The molecule has 8 heteroatoms. The molecular weight excluding hydrogens is 327 g/mol. The summed E-state index contributed by atoms with van der Waals surface area (Å²) in [6.45, 7) is 1.25. The van der Waals surface area contributed by atoms with Gasteiger partial charge in [-0.1, -0.05) is 23.2 Å². The van der Waals surface area contributed by atoms with Gasteiger partial charge in [-0.2, -0.15) is 9.78 Å². The van der Waals surface area contributed by atoms with Crippen molar-refractivity contribution in [3.63, 3.8) is 0 Å². The number of hydrogen-bond acceptors (Lipinski definition) is 4. The van der Waals surface area contributed by atoms with E-state index in [1.54, 1.807) is 29.2 Å². The van der Waals surface area contributed by atoms with Crippen LogP contribution in [0.2, 0.25) is 10.0 Å². The van der Waals surface area contributed by atoms with Crippen LogP contribution in [0.15, 0.2) is 35.3 Å². The van der Waals surface area contributed by atoms with Crippen molar-refractivity contribution in [3.8, 4) is 5.69 Å². The maximum atomic E-state index is 12.4. The summed E-state index contributed by atoms with van der Waals surface area (Å²) in [6.07, 6.45) is 1.50. The third-order valence-corrected chi connectivity index (χ3v) is 3.96. The first-order valence-corrected chi connectivity index (χ1v) is 7.37. The molecule has 114 valence electrons. The Balaban J connectivity index is 2.00. The fraction of sp³-hybridized carbons (Fsp3) is 0.214. The fourth-order valence-electron chi connectivity index (χ4n) is 2.25. The number of carbonyl (C=O) groups is 1. The number of anilines is 1. The molecule has 1 N–H and O–H groups in total. The monoisotopic (exact) mass is 338 g/mol. The smallest absolute Gasteiger partial charge is 0.292 e. The molecule has 0 aliphatic carbocycles. The first kappa shape index (κ1) is 14.9. The summed E-state index contributed by atoms with van der Waals surface area (Å²) >= 11 is 12.0. The van der Waals surface area contributed by atoms with E-state index in [9.17, 15) is 9.59 Å². The number of amides is 1. The highest BCUT2D eigenvalue weighted by molar-refractivity contribution is 6.33. The third kappa shape index (κ3) is 2.80. The van der Waals surface area contributed by atoms with Crippen LogP contribution in [0, 0.1) is 0 Å². The molecule has 1 aliphatic heterocycles. The van der Waals surface area contributed by atoms with E-state index in [0.717, 1.165) is 0 Å². The Morgan fingerprint density at radius 3 is 2.55 bits per heavy atom. The summed E-state index contributed by atoms with van der Waals surface area (Å²) in [6, 6.07) is 6.70. The van der Waals surface area contributed by atoms with E-state index in [4.69, 9.17) is 23.2 Å². The summed E-state index contributed by atoms with van der Waals surface area (Å²) in [5, 5.41) is 7.47. The Kier molecular flexibility index (Phi) is 4.04. The zero-order valence-corrected chi connectivity index (χ0v) is 12.9. The largest absolute Gasteiger partial charge is 0.358 e. The quantitative estimate of drug-likeness (QED) is 0.900. The molecule has 0 radical (unpaired) electrons. The van der Waals surface area contributed by atoms with Gasteiger partial charge in [-0.25, -0.2) is 0 Å². The van der Waals surface area contributed by atoms with Crippen molar-refractivity contribution in [2.24, 2.45) is 0 Å². The lowest BCUT2D eigenvalue weighted by atomic mass is 10.3. The van der Waals surface area contributed by atoms with Crippen molar-refractivity contribution in [3.05, 3.63) is 50.9 Å². The average molecular weight is 339 g/mol. The van der Waals surface area contributed by atoms with Gasteiger partial charge in [-0.15, -0.1) is 0 Å². The van der Waals surface area contributed by atoms with Gasteiger partial charge < -0.3 is 10.2 Å². The summed E-state index contributed by atoms with van der Waals surface area (Å²) in [5.41, 5.74) is 0.596. The summed E-state index contributed by atoms with van der Waals surface area (Å²) in [4.78, 5) is 25.6. The van der Waals surface area contributed by atoms with Gasteiger partial charge in [0.05, 0.1) is 24.1 Å². The van der Waals surface area contributed by atoms with E-state index >= 15 is 0 Å². The number of halogens is 2. The van der Waals surface area contributed by atoms with E-state index in [2.05, 4.69) is 10.4 Å². The van der Waals surface area contributed by atoms with E-state index in [-0.39, 0.29) is 17.5 Å². The summed E-state index contributed by atoms with van der Waals surface area (Å²) in [7, 11) is 0. The van der Waals surface area contributed by atoms with Crippen LogP contribution in [0.25, 0.3) is 5.69 Å². The van der Waals surface area contributed by atoms with Crippen LogP contribution in [0.4, 0.5) is 5.69 Å². The molecule has 1 fully saturated rings. The number of nitrogens with zero attached hydrogens (tertiary/aromatic N) is 3. The van der Waals surface area contributed by atoms with E-state index in [0.29, 0.717) is 29.5 Å². The van der Waals surface area contributed by atoms with Gasteiger partial charge >= 0.3 is 0 Å². The average Bonchev–Trinajstić information content (AvgIpc) is 2.51. The fourth-order valence-corrected chi connectivity index (χ4v) is 2.63. The first-order chi connectivity index (χ1) is 10.6. The molecular formula is C14H12Cl2N4O2. The Morgan fingerprint density at radius 2 is 1.86 bits per heavy atom. The molecule has 1 aromatic heterocycles. The molecule has 1 aliphatic rings. The maximum Gasteiger partial charge on any atom is 0.292 e. The van der Waals surface area contributed by atoms with Crippen LogP contribution < -0.4 is 15.8 Å². The zero-order chi connectivity index (χ0) is 15.7. The molecule has 0 saturated carbocycles. The molecule has 1 amide bonds. The molecule has 2 heterocycles. The normalized spacial score (nSPS) is 14.8. The predicted molar refractivity (Wildman–Crippen MR) is 85.1 cm³/mol. The van der Waals surface area contributed by atoms with Crippen molar-refractivity contribution >= 4 is 34.8 Å². The highest BCUT2D eigenvalue weighted by Gasteiger charge is 2.21. The van der Waals surface area contributed by atoms with Gasteiger partial charge in [0.25, 0.3) is 5.56 Å². The number of aromatic nitrogens is 2. The van der Waals surface area contributed by atoms with Crippen molar-refractivity contribution in [2.45, 2.75) is 0 Å². The Morgan fingerprint density at radius 1 is 1.14 bits per heavy atom. The number of hydrogen-bond donors (Lipinski definition) is 1. The van der Waals surface area contributed by atoms with Gasteiger partial charge in [0.15, 0.2) is 0 Å². The van der Waals surface area contributed by atoms with Crippen LogP contribution in [0.3, 0.4) is 0 Å². The molecule has 0 unspecified atom stereocenters. The summed E-state index contributed by atoms with van der Waals surface area (Å²) < 4.78 is 1.20. The third-order valence-electron chi connectivity index (χ3n) is 3.35. The second-order valence-electron chi connectivity index (χ2n) is 4.81. The minimum absolute atomic E-state index is 0.0413. The Bertz CT molecular complexity index is 773. The van der Waals surface area contributed by atoms with E-state index < -0.39 is 5.56 Å². The highest BCUT2D eigenvalue weighted by atomic mass is 35.5. The lowest BCUT2D eigenvalue weighted by Gasteiger charge is -2.28. The number of nitrogens with one attached hydrogen (secondary N) is 1. The molecule has 0 atom stereocenters. The molecule has 22 heavy (non-hydrogen) atoms. The Hall–Kier alpha value is -2.05. The molecule has 2 aromatic rings. The molecule has 3 rings (SSSR count). The minimum atomic E-state index is -0.438. The number of benzene rings is 1.